The smallest absolute Gasteiger partial charge is 0.222 e. The summed E-state index contributed by atoms with van der Waals surface area (Å²) >= 11 is 0. The van der Waals surface area contributed by atoms with E-state index in [2.05, 4.69) is 38.2 Å². The van der Waals surface area contributed by atoms with Crippen LogP contribution in [-0.2, 0) is 0 Å². The number of para-hydroxylation sites is 3. The standard InChI is InChI=1S/C24H13BN4O/c25-14-9-12-21(26-13-14)28-19-11-10-16-15-5-1-4-8-20(15)30-23(16)22(19)29-18-7-3-2-6-17(18)27-24(28)29/h1-13H. The summed E-state index contributed by atoms with van der Waals surface area (Å²) in [6.45, 7) is 0. The van der Waals surface area contributed by atoms with Crippen LogP contribution < -0.4 is 5.46 Å². The van der Waals surface area contributed by atoms with Crippen molar-refractivity contribution >= 4 is 63.1 Å². The molecule has 0 saturated carbocycles. The first-order chi connectivity index (χ1) is 14.8. The van der Waals surface area contributed by atoms with Gasteiger partial charge in [-0.2, -0.15) is 0 Å². The Labute approximate surface area is 171 Å². The first kappa shape index (κ1) is 15.8. The van der Waals surface area contributed by atoms with Gasteiger partial charge in [-0.15, -0.1) is 0 Å². The first-order valence-electron chi connectivity index (χ1n) is 9.73. The molecule has 138 valence electrons. The van der Waals surface area contributed by atoms with E-state index in [-0.39, 0.29) is 0 Å². The van der Waals surface area contributed by atoms with Crippen molar-refractivity contribution in [2.24, 2.45) is 0 Å². The zero-order chi connectivity index (χ0) is 19.8. The molecule has 0 bridgehead atoms. The fraction of sp³-hybridized carbons (Fsp3) is 0. The van der Waals surface area contributed by atoms with Crippen LogP contribution >= 0.6 is 0 Å². The minimum absolute atomic E-state index is 0.624. The number of imidazole rings is 2. The molecule has 0 aliphatic carbocycles. The van der Waals surface area contributed by atoms with Crippen LogP contribution in [-0.4, -0.2) is 26.8 Å². The molecule has 2 radical (unpaired) electrons. The van der Waals surface area contributed by atoms with E-state index in [1.165, 1.54) is 0 Å². The Hall–Kier alpha value is -4.06. The van der Waals surface area contributed by atoms with Crippen molar-refractivity contribution < 1.29 is 4.42 Å². The lowest BCUT2D eigenvalue weighted by molar-refractivity contribution is 0.671. The van der Waals surface area contributed by atoms with Crippen LogP contribution in [0.25, 0.3) is 55.6 Å². The largest absolute Gasteiger partial charge is 0.454 e. The van der Waals surface area contributed by atoms with Gasteiger partial charge in [-0.25, -0.2) is 9.97 Å². The lowest BCUT2D eigenvalue weighted by Gasteiger charge is -2.04. The fourth-order valence-electron chi connectivity index (χ4n) is 4.41. The van der Waals surface area contributed by atoms with Gasteiger partial charge in [0.2, 0.25) is 5.78 Å². The number of rotatable bonds is 1. The van der Waals surface area contributed by atoms with Crippen molar-refractivity contribution in [2.75, 3.05) is 0 Å². The molecule has 0 spiro atoms. The second-order valence-corrected chi connectivity index (χ2v) is 7.43. The Kier molecular flexibility index (Phi) is 2.91. The molecule has 30 heavy (non-hydrogen) atoms. The van der Waals surface area contributed by atoms with Crippen LogP contribution in [0.1, 0.15) is 0 Å². The number of aromatic nitrogens is 4. The molecule has 0 aliphatic rings. The molecule has 0 amide bonds. The highest BCUT2D eigenvalue weighted by molar-refractivity contribution is 6.32. The molecule has 7 aromatic rings. The summed E-state index contributed by atoms with van der Waals surface area (Å²) in [5, 5.41) is 2.19. The topological polar surface area (TPSA) is 48.3 Å². The van der Waals surface area contributed by atoms with E-state index in [1.54, 1.807) is 6.20 Å². The average molecular weight is 384 g/mol. The quantitative estimate of drug-likeness (QED) is 0.391. The van der Waals surface area contributed by atoms with Crippen molar-refractivity contribution in [2.45, 2.75) is 0 Å². The highest BCUT2D eigenvalue weighted by Gasteiger charge is 2.22. The van der Waals surface area contributed by atoms with Gasteiger partial charge in [0, 0.05) is 17.0 Å². The summed E-state index contributed by atoms with van der Waals surface area (Å²) in [5.41, 5.74) is 6.25. The number of pyridine rings is 1. The molecular weight excluding hydrogens is 371 g/mol. The van der Waals surface area contributed by atoms with Gasteiger partial charge in [-0.05, 0) is 36.4 Å². The summed E-state index contributed by atoms with van der Waals surface area (Å²) in [6.07, 6.45) is 1.67. The molecule has 5 nitrogen and oxygen atoms in total. The molecule has 4 heterocycles. The molecule has 0 unspecified atom stereocenters. The van der Waals surface area contributed by atoms with Crippen molar-refractivity contribution in [3.8, 4) is 5.82 Å². The first-order valence-corrected chi connectivity index (χ1v) is 9.73. The van der Waals surface area contributed by atoms with Gasteiger partial charge in [0.25, 0.3) is 0 Å². The number of nitrogens with zero attached hydrogens (tertiary/aromatic N) is 4. The van der Waals surface area contributed by atoms with Crippen molar-refractivity contribution in [1.82, 2.24) is 18.9 Å². The van der Waals surface area contributed by atoms with Crippen molar-refractivity contribution in [3.05, 3.63) is 79.0 Å². The number of hydrogen-bond acceptors (Lipinski definition) is 3. The average Bonchev–Trinajstić information content (AvgIpc) is 3.42. The lowest BCUT2D eigenvalue weighted by atomic mass is 9.99. The molecule has 0 N–H and O–H groups in total. The molecule has 0 atom stereocenters. The Balaban J connectivity index is 1.77. The lowest BCUT2D eigenvalue weighted by Crippen LogP contribution is -2.06. The van der Waals surface area contributed by atoms with Gasteiger partial charge < -0.3 is 4.42 Å². The number of furan rings is 1. The second-order valence-electron chi connectivity index (χ2n) is 7.43. The highest BCUT2D eigenvalue weighted by Crippen LogP contribution is 2.37. The second kappa shape index (κ2) is 5.51. The predicted molar refractivity (Wildman–Crippen MR) is 120 cm³/mol. The number of hydrogen-bond donors (Lipinski definition) is 0. The Morgan fingerprint density at radius 2 is 1.67 bits per heavy atom. The van der Waals surface area contributed by atoms with E-state index in [4.69, 9.17) is 17.2 Å². The van der Waals surface area contributed by atoms with E-state index in [0.717, 1.165) is 55.6 Å². The third-order valence-corrected chi connectivity index (χ3v) is 5.71. The van der Waals surface area contributed by atoms with Gasteiger partial charge in [0.15, 0.2) is 5.58 Å². The summed E-state index contributed by atoms with van der Waals surface area (Å²) < 4.78 is 10.6. The maximum Gasteiger partial charge on any atom is 0.222 e. The highest BCUT2D eigenvalue weighted by atomic mass is 16.3. The summed E-state index contributed by atoms with van der Waals surface area (Å²) in [5.74, 6) is 1.55. The normalized spacial score (nSPS) is 12.1. The van der Waals surface area contributed by atoms with Crippen LogP contribution in [0, 0.1) is 0 Å². The monoisotopic (exact) mass is 384 g/mol. The maximum absolute atomic E-state index is 6.36. The summed E-state index contributed by atoms with van der Waals surface area (Å²) in [7, 11) is 5.88. The van der Waals surface area contributed by atoms with Crippen molar-refractivity contribution in [1.29, 1.82) is 0 Å². The molecule has 7 rings (SSSR count). The maximum atomic E-state index is 6.36. The molecular formula is C24H13BN4O. The SMILES string of the molecule is [B]c1ccc(-n2c3ccc4c5ccccc5oc4c3n3c4ccccc4nc23)nc1. The summed E-state index contributed by atoms with van der Waals surface area (Å²) in [4.78, 5) is 9.49. The van der Waals surface area contributed by atoms with E-state index in [1.807, 2.05) is 48.5 Å². The van der Waals surface area contributed by atoms with Crippen molar-refractivity contribution in [3.63, 3.8) is 0 Å². The van der Waals surface area contributed by atoms with Gasteiger partial charge >= 0.3 is 0 Å². The minimum atomic E-state index is 0.624. The van der Waals surface area contributed by atoms with Gasteiger partial charge in [0.1, 0.15) is 24.8 Å². The molecule has 0 aliphatic heterocycles. The molecule has 0 fully saturated rings. The Morgan fingerprint density at radius 3 is 2.57 bits per heavy atom. The Bertz CT molecular complexity index is 1760. The van der Waals surface area contributed by atoms with E-state index >= 15 is 0 Å². The van der Waals surface area contributed by atoms with Gasteiger partial charge in [-0.3, -0.25) is 8.97 Å². The third kappa shape index (κ3) is 1.92. The zero-order valence-electron chi connectivity index (χ0n) is 15.8. The van der Waals surface area contributed by atoms with E-state index in [0.29, 0.717) is 5.46 Å². The van der Waals surface area contributed by atoms with Crippen LogP contribution in [0.4, 0.5) is 0 Å². The molecule has 3 aromatic carbocycles. The molecule has 6 heteroatoms. The molecule has 0 saturated heterocycles. The third-order valence-electron chi connectivity index (χ3n) is 5.71. The number of fused-ring (bicyclic) bond motifs is 9. The predicted octanol–water partition coefficient (Wildman–Crippen LogP) is 4.52. The molecule has 4 aromatic heterocycles. The fourth-order valence-corrected chi connectivity index (χ4v) is 4.41. The van der Waals surface area contributed by atoms with Gasteiger partial charge in [0.05, 0.1) is 16.6 Å². The van der Waals surface area contributed by atoms with Crippen LogP contribution in [0.3, 0.4) is 0 Å². The van der Waals surface area contributed by atoms with Crippen LogP contribution in [0.5, 0.6) is 0 Å². The van der Waals surface area contributed by atoms with Crippen LogP contribution in [0.15, 0.2) is 83.4 Å². The summed E-state index contributed by atoms with van der Waals surface area (Å²) in [6, 6.07) is 24.2. The van der Waals surface area contributed by atoms with Gasteiger partial charge in [-0.1, -0.05) is 41.9 Å². The van der Waals surface area contributed by atoms with E-state index < -0.39 is 0 Å². The zero-order valence-corrected chi connectivity index (χ0v) is 15.8. The number of benzene rings is 3. The Morgan fingerprint density at radius 1 is 0.800 bits per heavy atom. The minimum Gasteiger partial charge on any atom is -0.454 e. The van der Waals surface area contributed by atoms with E-state index in [9.17, 15) is 0 Å². The van der Waals surface area contributed by atoms with Crippen LogP contribution in [0.2, 0.25) is 0 Å².